The fraction of sp³-hybridized carbons (Fsp3) is 0.533. The summed E-state index contributed by atoms with van der Waals surface area (Å²) >= 11 is 0. The topological polar surface area (TPSA) is 52.6 Å². The molecular formula is C15H22N2O2. The predicted octanol–water partition coefficient (Wildman–Crippen LogP) is 1.44. The molecule has 2 N–H and O–H groups in total. The van der Waals surface area contributed by atoms with Crippen molar-refractivity contribution >= 4 is 11.5 Å². The quantitative estimate of drug-likeness (QED) is 0.809. The average molecular weight is 262 g/mol. The van der Waals surface area contributed by atoms with Gasteiger partial charge in [0, 0.05) is 30.4 Å². The van der Waals surface area contributed by atoms with Gasteiger partial charge in [0.25, 0.3) is 0 Å². The third kappa shape index (κ3) is 3.33. The van der Waals surface area contributed by atoms with E-state index >= 15 is 0 Å². The third-order valence-electron chi connectivity index (χ3n) is 3.76. The zero-order valence-corrected chi connectivity index (χ0v) is 11.6. The number of ketones is 1. The number of hydrogen-bond donors (Lipinski definition) is 2. The first-order valence-electron chi connectivity index (χ1n) is 6.83. The molecular weight excluding hydrogens is 240 g/mol. The Morgan fingerprint density at radius 2 is 2.11 bits per heavy atom. The number of benzene rings is 1. The van der Waals surface area contributed by atoms with Gasteiger partial charge in [-0.15, -0.1) is 0 Å². The summed E-state index contributed by atoms with van der Waals surface area (Å²) in [6.45, 7) is 5.57. The highest BCUT2D eigenvalue weighted by molar-refractivity contribution is 5.94. The Hall–Kier alpha value is -1.39. The van der Waals surface area contributed by atoms with Crippen molar-refractivity contribution < 1.29 is 9.90 Å². The van der Waals surface area contributed by atoms with Crippen LogP contribution in [0.1, 0.15) is 30.6 Å². The van der Waals surface area contributed by atoms with Crippen LogP contribution >= 0.6 is 0 Å². The standard InChI is InChI=1S/C15H22N2O2/c1-11-7-8-17(15(10-18)9-16-11)14-5-3-13(4-6-14)12(2)19/h3-6,11,15-16,18H,7-10H2,1-2H3. The van der Waals surface area contributed by atoms with Crippen LogP contribution in [0.2, 0.25) is 0 Å². The molecule has 0 spiro atoms. The van der Waals surface area contributed by atoms with Gasteiger partial charge in [-0.3, -0.25) is 4.79 Å². The Morgan fingerprint density at radius 1 is 1.42 bits per heavy atom. The fourth-order valence-electron chi connectivity index (χ4n) is 2.46. The summed E-state index contributed by atoms with van der Waals surface area (Å²) in [4.78, 5) is 13.5. The molecule has 0 aromatic heterocycles. The van der Waals surface area contributed by atoms with Gasteiger partial charge < -0.3 is 15.3 Å². The largest absolute Gasteiger partial charge is 0.394 e. The van der Waals surface area contributed by atoms with Crippen molar-refractivity contribution in [1.29, 1.82) is 0 Å². The van der Waals surface area contributed by atoms with Gasteiger partial charge in [0.15, 0.2) is 5.78 Å². The molecule has 2 unspecified atom stereocenters. The highest BCUT2D eigenvalue weighted by Crippen LogP contribution is 2.20. The minimum absolute atomic E-state index is 0.0800. The van der Waals surface area contributed by atoms with Crippen molar-refractivity contribution in [1.82, 2.24) is 5.32 Å². The zero-order chi connectivity index (χ0) is 13.8. The molecule has 2 atom stereocenters. The zero-order valence-electron chi connectivity index (χ0n) is 11.6. The molecule has 1 aliphatic heterocycles. The molecule has 0 aliphatic carbocycles. The number of nitrogens with zero attached hydrogens (tertiary/aromatic N) is 1. The first kappa shape index (κ1) is 14.0. The lowest BCUT2D eigenvalue weighted by atomic mass is 10.1. The van der Waals surface area contributed by atoms with E-state index in [4.69, 9.17) is 0 Å². The number of anilines is 1. The molecule has 1 saturated heterocycles. The average Bonchev–Trinajstić information content (AvgIpc) is 2.60. The van der Waals surface area contributed by atoms with E-state index in [9.17, 15) is 9.90 Å². The van der Waals surface area contributed by atoms with E-state index in [-0.39, 0.29) is 18.4 Å². The van der Waals surface area contributed by atoms with Gasteiger partial charge in [0.2, 0.25) is 0 Å². The van der Waals surface area contributed by atoms with Crippen LogP contribution in [-0.4, -0.2) is 42.7 Å². The van der Waals surface area contributed by atoms with Crippen LogP contribution in [0.4, 0.5) is 5.69 Å². The molecule has 1 aromatic carbocycles. The molecule has 104 valence electrons. The van der Waals surface area contributed by atoms with Crippen LogP contribution < -0.4 is 10.2 Å². The first-order chi connectivity index (χ1) is 9.11. The van der Waals surface area contributed by atoms with Gasteiger partial charge in [-0.2, -0.15) is 0 Å². The monoisotopic (exact) mass is 262 g/mol. The highest BCUT2D eigenvalue weighted by Gasteiger charge is 2.22. The minimum Gasteiger partial charge on any atom is -0.394 e. The number of carbonyl (C=O) groups is 1. The maximum absolute atomic E-state index is 11.3. The van der Waals surface area contributed by atoms with Gasteiger partial charge in [-0.05, 0) is 44.5 Å². The molecule has 0 saturated carbocycles. The molecule has 0 bridgehead atoms. The number of Topliss-reactive ketones (excluding diaryl/α,β-unsaturated/α-hetero) is 1. The molecule has 1 aromatic rings. The van der Waals surface area contributed by atoms with E-state index in [2.05, 4.69) is 17.1 Å². The van der Waals surface area contributed by atoms with Crippen LogP contribution in [0, 0.1) is 0 Å². The van der Waals surface area contributed by atoms with E-state index in [1.54, 1.807) is 6.92 Å². The van der Waals surface area contributed by atoms with Gasteiger partial charge >= 0.3 is 0 Å². The predicted molar refractivity (Wildman–Crippen MR) is 76.7 cm³/mol. The Morgan fingerprint density at radius 3 is 2.68 bits per heavy atom. The second kappa shape index (κ2) is 6.17. The molecule has 1 aliphatic rings. The Balaban J connectivity index is 2.19. The van der Waals surface area contributed by atoms with Crippen LogP contribution in [0.15, 0.2) is 24.3 Å². The highest BCUT2D eigenvalue weighted by atomic mass is 16.3. The Labute approximate surface area is 114 Å². The van der Waals surface area contributed by atoms with Crippen LogP contribution in [0.3, 0.4) is 0 Å². The van der Waals surface area contributed by atoms with Crippen molar-refractivity contribution in [2.45, 2.75) is 32.4 Å². The van der Waals surface area contributed by atoms with Crippen molar-refractivity contribution in [2.75, 3.05) is 24.6 Å². The van der Waals surface area contributed by atoms with Gasteiger partial charge in [0.05, 0.1) is 12.6 Å². The number of aliphatic hydroxyl groups excluding tert-OH is 1. The summed E-state index contributed by atoms with van der Waals surface area (Å²) in [6.07, 6.45) is 1.05. The lowest BCUT2D eigenvalue weighted by Gasteiger charge is -2.30. The summed E-state index contributed by atoms with van der Waals surface area (Å²) in [5.41, 5.74) is 1.80. The SMILES string of the molecule is CC(=O)c1ccc(N2CCC(C)NCC2CO)cc1. The van der Waals surface area contributed by atoms with E-state index in [1.807, 2.05) is 24.3 Å². The normalized spacial score (nSPS) is 24.1. The van der Waals surface area contributed by atoms with Crippen molar-refractivity contribution in [3.05, 3.63) is 29.8 Å². The number of carbonyl (C=O) groups excluding carboxylic acids is 1. The molecule has 4 nitrogen and oxygen atoms in total. The summed E-state index contributed by atoms with van der Waals surface area (Å²) in [6, 6.07) is 8.20. The van der Waals surface area contributed by atoms with E-state index < -0.39 is 0 Å². The summed E-state index contributed by atoms with van der Waals surface area (Å²) in [5, 5.41) is 13.0. The number of aliphatic hydroxyl groups is 1. The second-order valence-electron chi connectivity index (χ2n) is 5.23. The van der Waals surface area contributed by atoms with Gasteiger partial charge in [-0.1, -0.05) is 0 Å². The van der Waals surface area contributed by atoms with Crippen LogP contribution in [0.5, 0.6) is 0 Å². The summed E-state index contributed by atoms with van der Waals surface area (Å²) in [7, 11) is 0. The lowest BCUT2D eigenvalue weighted by molar-refractivity contribution is 0.101. The minimum atomic E-state index is 0.0800. The molecule has 0 radical (unpaired) electrons. The Kier molecular flexibility index (Phi) is 4.56. The van der Waals surface area contributed by atoms with Crippen molar-refractivity contribution in [3.63, 3.8) is 0 Å². The first-order valence-corrected chi connectivity index (χ1v) is 6.83. The van der Waals surface area contributed by atoms with E-state index in [0.717, 1.165) is 30.8 Å². The van der Waals surface area contributed by atoms with Crippen LogP contribution in [0.25, 0.3) is 0 Å². The van der Waals surface area contributed by atoms with Crippen molar-refractivity contribution in [2.24, 2.45) is 0 Å². The molecule has 19 heavy (non-hydrogen) atoms. The van der Waals surface area contributed by atoms with Crippen molar-refractivity contribution in [3.8, 4) is 0 Å². The molecule has 1 fully saturated rings. The van der Waals surface area contributed by atoms with Gasteiger partial charge in [0.1, 0.15) is 0 Å². The summed E-state index contributed by atoms with van der Waals surface area (Å²) < 4.78 is 0. The number of hydrogen-bond acceptors (Lipinski definition) is 4. The van der Waals surface area contributed by atoms with E-state index in [1.165, 1.54) is 0 Å². The third-order valence-corrected chi connectivity index (χ3v) is 3.76. The number of rotatable bonds is 3. The lowest BCUT2D eigenvalue weighted by Crippen LogP contribution is -2.42. The molecule has 2 rings (SSSR count). The Bertz CT molecular complexity index is 430. The fourth-order valence-corrected chi connectivity index (χ4v) is 2.46. The smallest absolute Gasteiger partial charge is 0.159 e. The number of nitrogens with one attached hydrogen (secondary N) is 1. The molecule has 0 amide bonds. The second-order valence-corrected chi connectivity index (χ2v) is 5.23. The molecule has 1 heterocycles. The van der Waals surface area contributed by atoms with Gasteiger partial charge in [-0.25, -0.2) is 0 Å². The maximum Gasteiger partial charge on any atom is 0.159 e. The summed E-state index contributed by atoms with van der Waals surface area (Å²) in [5.74, 6) is 0.0800. The maximum atomic E-state index is 11.3. The van der Waals surface area contributed by atoms with Crippen LogP contribution in [-0.2, 0) is 0 Å². The van der Waals surface area contributed by atoms with E-state index in [0.29, 0.717) is 6.04 Å². The molecule has 4 heteroatoms.